The van der Waals surface area contributed by atoms with Crippen LogP contribution >= 0.6 is 0 Å². The maximum Gasteiger partial charge on any atom is 0.120 e. The first-order chi connectivity index (χ1) is 8.20. The molecule has 4 heteroatoms. The van der Waals surface area contributed by atoms with E-state index in [9.17, 15) is 0 Å². The van der Waals surface area contributed by atoms with Crippen LogP contribution in [0.15, 0.2) is 18.2 Å². The molecule has 1 aliphatic rings. The van der Waals surface area contributed by atoms with Gasteiger partial charge in [0.2, 0.25) is 0 Å². The summed E-state index contributed by atoms with van der Waals surface area (Å²) in [6.45, 7) is 1.55. The third kappa shape index (κ3) is 3.11. The highest BCUT2D eigenvalue weighted by atomic mass is 16.5. The molecular weight excluding hydrogens is 214 g/mol. The molecule has 0 aromatic heterocycles. The zero-order chi connectivity index (χ0) is 12.3. The van der Waals surface area contributed by atoms with Gasteiger partial charge in [-0.1, -0.05) is 0 Å². The standard InChI is InChI=1S/C13H17N3O/c1-16(11-2-3-11)6-7-17-12-4-5-13(15)10(8-12)9-14/h4-5,8,11H,2-3,6-7,15H2,1H3. The third-order valence-corrected chi connectivity index (χ3v) is 3.03. The quantitative estimate of drug-likeness (QED) is 0.782. The molecule has 2 N–H and O–H groups in total. The fraction of sp³-hybridized carbons (Fsp3) is 0.462. The third-order valence-electron chi connectivity index (χ3n) is 3.03. The molecule has 90 valence electrons. The minimum atomic E-state index is 0.470. The maximum atomic E-state index is 8.84. The predicted molar refractivity (Wildman–Crippen MR) is 66.7 cm³/mol. The van der Waals surface area contributed by atoms with Crippen molar-refractivity contribution in [2.24, 2.45) is 0 Å². The molecule has 17 heavy (non-hydrogen) atoms. The molecule has 1 fully saturated rings. The van der Waals surface area contributed by atoms with Crippen molar-refractivity contribution in [3.63, 3.8) is 0 Å². The molecule has 0 unspecified atom stereocenters. The molecule has 4 nitrogen and oxygen atoms in total. The Kier molecular flexibility index (Phi) is 3.50. The number of nitrogens with two attached hydrogens (primary N) is 1. The Morgan fingerprint density at radius 2 is 2.29 bits per heavy atom. The van der Waals surface area contributed by atoms with E-state index in [4.69, 9.17) is 15.7 Å². The maximum absolute atomic E-state index is 8.84. The fourth-order valence-corrected chi connectivity index (χ4v) is 1.73. The van der Waals surface area contributed by atoms with Crippen molar-refractivity contribution in [1.82, 2.24) is 4.90 Å². The van der Waals surface area contributed by atoms with Gasteiger partial charge < -0.3 is 15.4 Å². The lowest BCUT2D eigenvalue weighted by Gasteiger charge is -2.16. The smallest absolute Gasteiger partial charge is 0.120 e. The SMILES string of the molecule is CN(CCOc1ccc(N)c(C#N)c1)C1CC1. The first-order valence-corrected chi connectivity index (χ1v) is 5.83. The average Bonchev–Trinajstić information content (AvgIpc) is 3.15. The number of nitrogens with zero attached hydrogens (tertiary/aromatic N) is 2. The number of ether oxygens (including phenoxy) is 1. The number of nitriles is 1. The van der Waals surface area contributed by atoms with Crippen molar-refractivity contribution < 1.29 is 4.74 Å². The first kappa shape index (κ1) is 11.7. The molecule has 1 aromatic carbocycles. The van der Waals surface area contributed by atoms with Crippen LogP contribution in [-0.2, 0) is 0 Å². The van der Waals surface area contributed by atoms with E-state index in [1.165, 1.54) is 12.8 Å². The van der Waals surface area contributed by atoms with Crippen LogP contribution in [0.2, 0.25) is 0 Å². The zero-order valence-corrected chi connectivity index (χ0v) is 10.0. The van der Waals surface area contributed by atoms with Crippen molar-refractivity contribution in [1.29, 1.82) is 5.26 Å². The van der Waals surface area contributed by atoms with Gasteiger partial charge >= 0.3 is 0 Å². The largest absolute Gasteiger partial charge is 0.492 e. The van der Waals surface area contributed by atoms with Gasteiger partial charge in [-0.25, -0.2) is 0 Å². The van der Waals surface area contributed by atoms with Gasteiger partial charge in [-0.3, -0.25) is 0 Å². The summed E-state index contributed by atoms with van der Waals surface area (Å²) in [5.74, 6) is 0.708. The molecule has 0 atom stereocenters. The molecule has 1 aliphatic carbocycles. The van der Waals surface area contributed by atoms with Crippen molar-refractivity contribution in [3.8, 4) is 11.8 Å². The van der Waals surface area contributed by atoms with E-state index in [1.54, 1.807) is 18.2 Å². The van der Waals surface area contributed by atoms with Crippen LogP contribution in [0.5, 0.6) is 5.75 Å². The Morgan fingerprint density at radius 1 is 1.53 bits per heavy atom. The normalized spacial score (nSPS) is 14.6. The van der Waals surface area contributed by atoms with E-state index >= 15 is 0 Å². The Bertz CT molecular complexity index is 435. The van der Waals surface area contributed by atoms with Crippen molar-refractivity contribution in [2.75, 3.05) is 25.9 Å². The summed E-state index contributed by atoms with van der Waals surface area (Å²) in [4.78, 5) is 2.31. The molecular formula is C13H17N3O. The van der Waals surface area contributed by atoms with Gasteiger partial charge in [-0.05, 0) is 38.1 Å². The van der Waals surface area contributed by atoms with Crippen molar-refractivity contribution >= 4 is 5.69 Å². The molecule has 0 heterocycles. The van der Waals surface area contributed by atoms with Crippen LogP contribution in [0, 0.1) is 11.3 Å². The van der Waals surface area contributed by atoms with Gasteiger partial charge in [-0.2, -0.15) is 5.26 Å². The van der Waals surface area contributed by atoms with Gasteiger partial charge in [0.1, 0.15) is 18.4 Å². The molecule has 1 aromatic rings. The highest BCUT2D eigenvalue weighted by Gasteiger charge is 2.25. The minimum Gasteiger partial charge on any atom is -0.492 e. The van der Waals surface area contributed by atoms with E-state index in [-0.39, 0.29) is 0 Å². The molecule has 0 bridgehead atoms. The summed E-state index contributed by atoms with van der Waals surface area (Å²) >= 11 is 0. The molecule has 0 saturated heterocycles. The zero-order valence-electron chi connectivity index (χ0n) is 10.0. The summed E-state index contributed by atoms with van der Waals surface area (Å²) in [6.07, 6.45) is 2.61. The number of hydrogen-bond donors (Lipinski definition) is 1. The van der Waals surface area contributed by atoms with E-state index < -0.39 is 0 Å². The highest BCUT2D eigenvalue weighted by molar-refractivity contribution is 5.56. The van der Waals surface area contributed by atoms with Crippen LogP contribution < -0.4 is 10.5 Å². The number of nitrogen functional groups attached to an aromatic ring is 1. The molecule has 0 radical (unpaired) electrons. The fourth-order valence-electron chi connectivity index (χ4n) is 1.73. The molecule has 0 aliphatic heterocycles. The topological polar surface area (TPSA) is 62.3 Å². The van der Waals surface area contributed by atoms with Crippen LogP contribution in [-0.4, -0.2) is 31.1 Å². The number of anilines is 1. The van der Waals surface area contributed by atoms with E-state index in [0.717, 1.165) is 12.6 Å². The van der Waals surface area contributed by atoms with E-state index in [0.29, 0.717) is 23.6 Å². The summed E-state index contributed by atoms with van der Waals surface area (Å²) in [5, 5.41) is 8.84. The van der Waals surface area contributed by atoms with Crippen molar-refractivity contribution in [2.45, 2.75) is 18.9 Å². The van der Waals surface area contributed by atoms with Gasteiger partial charge in [0.05, 0.1) is 5.56 Å². The van der Waals surface area contributed by atoms with Crippen LogP contribution in [0.4, 0.5) is 5.69 Å². The summed E-state index contributed by atoms with van der Waals surface area (Å²) in [7, 11) is 2.12. The lowest BCUT2D eigenvalue weighted by molar-refractivity contribution is 0.232. The van der Waals surface area contributed by atoms with Gasteiger partial charge in [0.15, 0.2) is 0 Å². The van der Waals surface area contributed by atoms with Crippen LogP contribution in [0.1, 0.15) is 18.4 Å². The number of benzene rings is 1. The second-order valence-electron chi connectivity index (χ2n) is 4.42. The van der Waals surface area contributed by atoms with E-state index in [1.807, 2.05) is 6.07 Å². The second-order valence-corrected chi connectivity index (χ2v) is 4.42. The minimum absolute atomic E-state index is 0.470. The predicted octanol–water partition coefficient (Wildman–Crippen LogP) is 1.61. The monoisotopic (exact) mass is 231 g/mol. The lowest BCUT2D eigenvalue weighted by atomic mass is 10.2. The molecule has 0 spiro atoms. The Hall–Kier alpha value is -1.73. The van der Waals surface area contributed by atoms with E-state index in [2.05, 4.69) is 11.9 Å². The Labute approximate surface area is 102 Å². The average molecular weight is 231 g/mol. The number of hydrogen-bond acceptors (Lipinski definition) is 4. The summed E-state index contributed by atoms with van der Waals surface area (Å²) in [5.41, 5.74) is 6.60. The molecule has 2 rings (SSSR count). The summed E-state index contributed by atoms with van der Waals surface area (Å²) in [6, 6.07) is 7.99. The lowest BCUT2D eigenvalue weighted by Crippen LogP contribution is -2.26. The van der Waals surface area contributed by atoms with Crippen LogP contribution in [0.25, 0.3) is 0 Å². The highest BCUT2D eigenvalue weighted by Crippen LogP contribution is 2.25. The first-order valence-electron chi connectivity index (χ1n) is 5.83. The number of likely N-dealkylation sites (N-methyl/N-ethyl adjacent to an activating group) is 1. The Balaban J connectivity index is 1.84. The second kappa shape index (κ2) is 5.07. The summed E-state index contributed by atoms with van der Waals surface area (Å²) < 4.78 is 5.60. The van der Waals surface area contributed by atoms with Crippen LogP contribution in [0.3, 0.4) is 0 Å². The number of rotatable bonds is 5. The van der Waals surface area contributed by atoms with Gasteiger partial charge in [-0.15, -0.1) is 0 Å². The molecule has 0 amide bonds. The van der Waals surface area contributed by atoms with Gasteiger partial charge in [0.25, 0.3) is 0 Å². The molecule has 1 saturated carbocycles. The Morgan fingerprint density at radius 3 is 2.94 bits per heavy atom. The van der Waals surface area contributed by atoms with Gasteiger partial charge in [0, 0.05) is 18.3 Å². The van der Waals surface area contributed by atoms with Crippen molar-refractivity contribution in [3.05, 3.63) is 23.8 Å².